The van der Waals surface area contributed by atoms with Crippen molar-refractivity contribution >= 4 is 6.03 Å². The number of ether oxygens (including phenoxy) is 1. The zero-order chi connectivity index (χ0) is 18.7. The molecule has 0 bridgehead atoms. The summed E-state index contributed by atoms with van der Waals surface area (Å²) in [4.78, 5) is 17.9. The van der Waals surface area contributed by atoms with E-state index in [1.165, 1.54) is 4.90 Å². The Hall–Kier alpha value is -2.71. The van der Waals surface area contributed by atoms with Gasteiger partial charge in [0, 0.05) is 31.5 Å². The zero-order valence-electron chi connectivity index (χ0n) is 14.5. The van der Waals surface area contributed by atoms with Crippen molar-refractivity contribution in [2.75, 3.05) is 20.2 Å². The molecule has 1 aliphatic heterocycles. The minimum absolute atomic E-state index is 0.0203. The van der Waals surface area contributed by atoms with Crippen molar-refractivity contribution in [2.45, 2.75) is 31.7 Å². The van der Waals surface area contributed by atoms with Gasteiger partial charge in [0.05, 0.1) is 7.11 Å². The maximum Gasteiger partial charge on any atom is 0.318 e. The number of amides is 2. The number of nitrogens with zero attached hydrogens (tertiary/aromatic N) is 3. The van der Waals surface area contributed by atoms with Crippen LogP contribution in [-0.2, 0) is 0 Å². The van der Waals surface area contributed by atoms with Crippen LogP contribution in [0.5, 0.6) is 5.75 Å². The molecule has 1 N–H and O–H groups in total. The van der Waals surface area contributed by atoms with E-state index in [9.17, 15) is 13.6 Å². The molecule has 1 aliphatic rings. The molecule has 9 heteroatoms. The lowest BCUT2D eigenvalue weighted by atomic mass is 10.1. The van der Waals surface area contributed by atoms with Crippen LogP contribution in [0, 0.1) is 0 Å². The van der Waals surface area contributed by atoms with Crippen molar-refractivity contribution in [1.82, 2.24) is 20.4 Å². The standard InChI is InChI=1S/C17H20F2N4O3/c1-11(20-16(24)23-9-7-17(18,19)8-10-23)15-21-14(22-26-15)12-3-5-13(25-2)6-4-12/h3-6,11H,7-10H2,1-2H3,(H,20,24)/t11-/m1/s1. The molecule has 0 spiro atoms. The van der Waals surface area contributed by atoms with Crippen molar-refractivity contribution in [3.05, 3.63) is 30.2 Å². The SMILES string of the molecule is COc1ccc(-c2noc([C@@H](C)NC(=O)N3CCC(F)(F)CC3)n2)cc1. The Morgan fingerprint density at radius 3 is 2.58 bits per heavy atom. The molecule has 1 aromatic heterocycles. The highest BCUT2D eigenvalue weighted by atomic mass is 19.3. The molecule has 1 atom stereocenters. The predicted molar refractivity (Wildman–Crippen MR) is 89.0 cm³/mol. The van der Waals surface area contributed by atoms with Crippen LogP contribution in [0.15, 0.2) is 28.8 Å². The highest BCUT2D eigenvalue weighted by Crippen LogP contribution is 2.28. The molecule has 0 saturated carbocycles. The average Bonchev–Trinajstić information content (AvgIpc) is 3.12. The molecular weight excluding hydrogens is 346 g/mol. The van der Waals surface area contributed by atoms with E-state index in [1.807, 2.05) is 0 Å². The second kappa shape index (κ2) is 7.27. The van der Waals surface area contributed by atoms with E-state index in [0.717, 1.165) is 5.56 Å². The first-order valence-corrected chi connectivity index (χ1v) is 8.29. The lowest BCUT2D eigenvalue weighted by Gasteiger charge is -2.32. The summed E-state index contributed by atoms with van der Waals surface area (Å²) < 4.78 is 36.7. The normalized spacial score (nSPS) is 17.6. The van der Waals surface area contributed by atoms with Gasteiger partial charge in [-0.25, -0.2) is 13.6 Å². The third-order valence-electron chi connectivity index (χ3n) is 4.28. The fourth-order valence-corrected chi connectivity index (χ4v) is 2.64. The molecule has 0 unspecified atom stereocenters. The van der Waals surface area contributed by atoms with Crippen molar-refractivity contribution in [3.63, 3.8) is 0 Å². The number of carbonyl (C=O) groups excluding carboxylic acids is 1. The third kappa shape index (κ3) is 4.09. The van der Waals surface area contributed by atoms with Gasteiger partial charge in [-0.15, -0.1) is 0 Å². The number of methoxy groups -OCH3 is 1. The van der Waals surface area contributed by atoms with Crippen molar-refractivity contribution in [3.8, 4) is 17.1 Å². The fourth-order valence-electron chi connectivity index (χ4n) is 2.64. The highest BCUT2D eigenvalue weighted by Gasteiger charge is 2.36. The Balaban J connectivity index is 1.60. The molecule has 7 nitrogen and oxygen atoms in total. The van der Waals surface area contributed by atoms with Gasteiger partial charge in [0.25, 0.3) is 5.92 Å². The van der Waals surface area contributed by atoms with E-state index >= 15 is 0 Å². The number of aromatic nitrogens is 2. The number of alkyl halides is 2. The van der Waals surface area contributed by atoms with E-state index in [2.05, 4.69) is 15.5 Å². The minimum Gasteiger partial charge on any atom is -0.497 e. The number of nitrogens with one attached hydrogen (secondary N) is 1. The number of piperidine rings is 1. The summed E-state index contributed by atoms with van der Waals surface area (Å²) in [6, 6.07) is 6.20. The summed E-state index contributed by atoms with van der Waals surface area (Å²) in [5, 5.41) is 6.61. The lowest BCUT2D eigenvalue weighted by Crippen LogP contribution is -2.47. The van der Waals surface area contributed by atoms with Gasteiger partial charge in [-0.05, 0) is 31.2 Å². The Bertz CT molecular complexity index is 754. The van der Waals surface area contributed by atoms with Gasteiger partial charge in [-0.3, -0.25) is 0 Å². The number of carbonyl (C=O) groups is 1. The van der Waals surface area contributed by atoms with Crippen LogP contribution in [0.3, 0.4) is 0 Å². The number of rotatable bonds is 4. The number of likely N-dealkylation sites (tertiary alicyclic amines) is 1. The largest absolute Gasteiger partial charge is 0.497 e. The molecule has 3 rings (SSSR count). The molecular formula is C17H20F2N4O3. The number of halogens is 2. The van der Waals surface area contributed by atoms with Gasteiger partial charge in [0.1, 0.15) is 11.8 Å². The van der Waals surface area contributed by atoms with Crippen LogP contribution in [0.25, 0.3) is 11.4 Å². The van der Waals surface area contributed by atoms with Crippen LogP contribution in [0.2, 0.25) is 0 Å². The van der Waals surface area contributed by atoms with Crippen LogP contribution >= 0.6 is 0 Å². The molecule has 0 radical (unpaired) electrons. The molecule has 140 valence electrons. The Morgan fingerprint density at radius 1 is 1.31 bits per heavy atom. The van der Waals surface area contributed by atoms with Gasteiger partial charge in [-0.2, -0.15) is 4.98 Å². The van der Waals surface area contributed by atoms with Gasteiger partial charge < -0.3 is 19.5 Å². The van der Waals surface area contributed by atoms with E-state index in [1.54, 1.807) is 38.3 Å². The monoisotopic (exact) mass is 366 g/mol. The molecule has 2 amide bonds. The molecule has 1 saturated heterocycles. The number of hydrogen-bond donors (Lipinski definition) is 1. The predicted octanol–water partition coefficient (Wildman–Crippen LogP) is 3.25. The van der Waals surface area contributed by atoms with Crippen molar-refractivity contribution in [1.29, 1.82) is 0 Å². The number of urea groups is 1. The summed E-state index contributed by atoms with van der Waals surface area (Å²) in [5.41, 5.74) is 0.748. The Morgan fingerprint density at radius 2 is 1.96 bits per heavy atom. The molecule has 26 heavy (non-hydrogen) atoms. The Labute approximate surface area is 149 Å². The second-order valence-corrected chi connectivity index (χ2v) is 6.20. The number of benzene rings is 1. The molecule has 2 heterocycles. The van der Waals surface area contributed by atoms with Crippen molar-refractivity contribution < 1.29 is 22.8 Å². The molecule has 1 fully saturated rings. The summed E-state index contributed by atoms with van der Waals surface area (Å²) in [6.07, 6.45) is -0.645. The topological polar surface area (TPSA) is 80.5 Å². The summed E-state index contributed by atoms with van der Waals surface area (Å²) >= 11 is 0. The lowest BCUT2D eigenvalue weighted by molar-refractivity contribution is -0.0471. The Kier molecular flexibility index (Phi) is 5.06. The first kappa shape index (κ1) is 18.1. The molecule has 1 aromatic carbocycles. The van der Waals surface area contributed by atoms with Gasteiger partial charge in [-0.1, -0.05) is 5.16 Å². The van der Waals surface area contributed by atoms with Gasteiger partial charge >= 0.3 is 6.03 Å². The first-order chi connectivity index (χ1) is 12.4. The van der Waals surface area contributed by atoms with Gasteiger partial charge in [0.2, 0.25) is 11.7 Å². The van der Waals surface area contributed by atoms with E-state index in [0.29, 0.717) is 11.6 Å². The zero-order valence-corrected chi connectivity index (χ0v) is 14.5. The van der Waals surface area contributed by atoms with Crippen LogP contribution in [0.1, 0.15) is 31.7 Å². The van der Waals surface area contributed by atoms with Crippen LogP contribution in [-0.4, -0.2) is 47.2 Å². The van der Waals surface area contributed by atoms with Crippen LogP contribution < -0.4 is 10.1 Å². The van der Waals surface area contributed by atoms with Gasteiger partial charge in [0.15, 0.2) is 0 Å². The third-order valence-corrected chi connectivity index (χ3v) is 4.28. The molecule has 2 aromatic rings. The van der Waals surface area contributed by atoms with Crippen LogP contribution in [0.4, 0.5) is 13.6 Å². The summed E-state index contributed by atoms with van der Waals surface area (Å²) in [5.74, 6) is -1.35. The smallest absolute Gasteiger partial charge is 0.318 e. The maximum absolute atomic E-state index is 13.2. The fraction of sp³-hybridized carbons (Fsp3) is 0.471. The second-order valence-electron chi connectivity index (χ2n) is 6.20. The van der Waals surface area contributed by atoms with E-state index < -0.39 is 18.0 Å². The summed E-state index contributed by atoms with van der Waals surface area (Å²) in [6.45, 7) is 1.74. The van der Waals surface area contributed by atoms with E-state index in [-0.39, 0.29) is 31.8 Å². The van der Waals surface area contributed by atoms with E-state index in [4.69, 9.17) is 9.26 Å². The minimum atomic E-state index is -2.69. The number of hydrogen-bond acceptors (Lipinski definition) is 5. The summed E-state index contributed by atoms with van der Waals surface area (Å²) in [7, 11) is 1.58. The molecule has 0 aliphatic carbocycles. The maximum atomic E-state index is 13.2. The quantitative estimate of drug-likeness (QED) is 0.898. The van der Waals surface area contributed by atoms with Crippen molar-refractivity contribution in [2.24, 2.45) is 0 Å². The first-order valence-electron chi connectivity index (χ1n) is 8.29. The average molecular weight is 366 g/mol. The highest BCUT2D eigenvalue weighted by molar-refractivity contribution is 5.74.